The Morgan fingerprint density at radius 2 is 2.12 bits per heavy atom. The van der Waals surface area contributed by atoms with Crippen molar-refractivity contribution in [2.75, 3.05) is 19.0 Å². The third-order valence-corrected chi connectivity index (χ3v) is 2.74. The molecule has 0 spiro atoms. The Hall–Kier alpha value is -1.51. The number of carbonyl (C=O) groups excluding carboxylic acids is 1. The van der Waals surface area contributed by atoms with Crippen molar-refractivity contribution >= 4 is 11.7 Å². The van der Waals surface area contributed by atoms with Gasteiger partial charge in [0.15, 0.2) is 0 Å². The van der Waals surface area contributed by atoms with Crippen LogP contribution in [0.2, 0.25) is 0 Å². The van der Waals surface area contributed by atoms with Crippen LogP contribution in [0.5, 0.6) is 0 Å². The molecule has 3 nitrogen and oxygen atoms in total. The topological polar surface area (TPSA) is 38.3 Å². The molecular formula is C14H21NO2. The van der Waals surface area contributed by atoms with Crippen molar-refractivity contribution in [3.63, 3.8) is 0 Å². The average Bonchev–Trinajstić information content (AvgIpc) is 2.35. The van der Waals surface area contributed by atoms with Crippen LogP contribution in [-0.2, 0) is 4.74 Å². The molecule has 0 amide bonds. The van der Waals surface area contributed by atoms with Gasteiger partial charge < -0.3 is 10.1 Å². The van der Waals surface area contributed by atoms with Crippen molar-refractivity contribution in [1.82, 2.24) is 0 Å². The molecule has 94 valence electrons. The molecule has 1 aromatic rings. The maximum atomic E-state index is 11.3. The molecule has 0 unspecified atom stereocenters. The Balaban J connectivity index is 2.60. The Kier molecular flexibility index (Phi) is 5.53. The van der Waals surface area contributed by atoms with Crippen LogP contribution in [0.4, 0.5) is 5.69 Å². The van der Waals surface area contributed by atoms with E-state index in [1.54, 1.807) is 6.07 Å². The minimum atomic E-state index is -0.286. The number of carbonyl (C=O) groups is 1. The van der Waals surface area contributed by atoms with Crippen LogP contribution < -0.4 is 5.32 Å². The fraction of sp³-hybridized carbons (Fsp3) is 0.500. The number of anilines is 1. The largest absolute Gasteiger partial charge is 0.465 e. The predicted molar refractivity (Wildman–Crippen MR) is 70.5 cm³/mol. The zero-order chi connectivity index (χ0) is 12.7. The van der Waals surface area contributed by atoms with Crippen LogP contribution >= 0.6 is 0 Å². The summed E-state index contributed by atoms with van der Waals surface area (Å²) >= 11 is 0. The molecule has 0 heterocycles. The fourth-order valence-corrected chi connectivity index (χ4v) is 1.70. The van der Waals surface area contributed by atoms with E-state index in [0.717, 1.165) is 17.8 Å². The Morgan fingerprint density at radius 1 is 1.35 bits per heavy atom. The van der Waals surface area contributed by atoms with E-state index in [2.05, 4.69) is 17.0 Å². The number of hydrogen-bond donors (Lipinski definition) is 1. The van der Waals surface area contributed by atoms with Gasteiger partial charge in [-0.05, 0) is 37.1 Å². The van der Waals surface area contributed by atoms with Gasteiger partial charge in [0.2, 0.25) is 0 Å². The molecule has 0 saturated carbocycles. The lowest BCUT2D eigenvalue weighted by Gasteiger charge is -2.10. The van der Waals surface area contributed by atoms with Crippen LogP contribution in [-0.4, -0.2) is 19.6 Å². The number of unbranched alkanes of at least 4 members (excludes halogenated alkanes) is 2. The van der Waals surface area contributed by atoms with E-state index in [1.165, 1.54) is 26.4 Å². The molecule has 1 aromatic carbocycles. The first kappa shape index (κ1) is 13.6. The lowest BCUT2D eigenvalue weighted by atomic mass is 10.1. The number of hydrogen-bond acceptors (Lipinski definition) is 3. The first-order valence-corrected chi connectivity index (χ1v) is 6.12. The molecule has 0 aliphatic heterocycles. The second kappa shape index (κ2) is 6.94. The minimum absolute atomic E-state index is 0.286. The van der Waals surface area contributed by atoms with Gasteiger partial charge in [-0.15, -0.1) is 0 Å². The molecule has 0 aliphatic carbocycles. The van der Waals surface area contributed by atoms with Crippen LogP contribution in [0, 0.1) is 6.92 Å². The highest BCUT2D eigenvalue weighted by molar-refractivity contribution is 5.90. The van der Waals surface area contributed by atoms with Crippen molar-refractivity contribution < 1.29 is 9.53 Å². The summed E-state index contributed by atoms with van der Waals surface area (Å²) in [5, 5.41) is 3.38. The lowest BCUT2D eigenvalue weighted by Crippen LogP contribution is -2.05. The molecule has 1 N–H and O–H groups in total. The molecule has 3 heteroatoms. The van der Waals surface area contributed by atoms with E-state index in [4.69, 9.17) is 0 Å². The van der Waals surface area contributed by atoms with Gasteiger partial charge in [-0.3, -0.25) is 0 Å². The smallest absolute Gasteiger partial charge is 0.337 e. The van der Waals surface area contributed by atoms with Gasteiger partial charge >= 0.3 is 5.97 Å². The van der Waals surface area contributed by atoms with E-state index < -0.39 is 0 Å². The van der Waals surface area contributed by atoms with Crippen LogP contribution in [0.3, 0.4) is 0 Å². The van der Waals surface area contributed by atoms with Crippen molar-refractivity contribution in [2.45, 2.75) is 33.1 Å². The second-order valence-corrected chi connectivity index (χ2v) is 4.16. The summed E-state index contributed by atoms with van der Waals surface area (Å²) in [5.74, 6) is -0.286. The van der Waals surface area contributed by atoms with E-state index in [-0.39, 0.29) is 5.97 Å². The predicted octanol–water partition coefficient (Wildman–Crippen LogP) is 3.38. The standard InChI is InChI=1S/C14H21NO2/c1-4-5-6-9-15-13-8-7-12(10-11(13)2)14(16)17-3/h7-8,10,15H,4-6,9H2,1-3H3. The molecule has 0 aliphatic rings. The van der Waals surface area contributed by atoms with Gasteiger partial charge in [-0.2, -0.15) is 0 Å². The molecular weight excluding hydrogens is 214 g/mol. The summed E-state index contributed by atoms with van der Waals surface area (Å²) in [6.07, 6.45) is 3.64. The second-order valence-electron chi connectivity index (χ2n) is 4.16. The normalized spacial score (nSPS) is 10.1. The van der Waals surface area contributed by atoms with Crippen molar-refractivity contribution in [2.24, 2.45) is 0 Å². The number of benzene rings is 1. The summed E-state index contributed by atoms with van der Waals surface area (Å²) in [7, 11) is 1.40. The molecule has 0 saturated heterocycles. The Bertz CT molecular complexity index is 374. The monoisotopic (exact) mass is 235 g/mol. The zero-order valence-corrected chi connectivity index (χ0v) is 10.9. The molecule has 0 atom stereocenters. The van der Waals surface area contributed by atoms with E-state index in [0.29, 0.717) is 5.56 Å². The van der Waals surface area contributed by atoms with Gasteiger partial charge in [0.25, 0.3) is 0 Å². The third-order valence-electron chi connectivity index (χ3n) is 2.74. The first-order valence-electron chi connectivity index (χ1n) is 6.12. The first-order chi connectivity index (χ1) is 8.19. The summed E-state index contributed by atoms with van der Waals surface area (Å²) in [6, 6.07) is 5.59. The van der Waals surface area contributed by atoms with E-state index in [9.17, 15) is 4.79 Å². The quantitative estimate of drug-likeness (QED) is 0.606. The minimum Gasteiger partial charge on any atom is -0.465 e. The third kappa shape index (κ3) is 4.10. The SMILES string of the molecule is CCCCCNc1ccc(C(=O)OC)cc1C. The fourth-order valence-electron chi connectivity index (χ4n) is 1.70. The maximum absolute atomic E-state index is 11.3. The number of esters is 1. The number of aryl methyl sites for hydroxylation is 1. The van der Waals surface area contributed by atoms with Crippen molar-refractivity contribution in [1.29, 1.82) is 0 Å². The zero-order valence-electron chi connectivity index (χ0n) is 10.9. The number of methoxy groups -OCH3 is 1. The van der Waals surface area contributed by atoms with E-state index >= 15 is 0 Å². The highest BCUT2D eigenvalue weighted by Gasteiger charge is 2.06. The Labute approximate surface area is 103 Å². The number of nitrogens with one attached hydrogen (secondary N) is 1. The average molecular weight is 235 g/mol. The molecule has 0 aromatic heterocycles. The van der Waals surface area contributed by atoms with Crippen LogP contribution in [0.15, 0.2) is 18.2 Å². The summed E-state index contributed by atoms with van der Waals surface area (Å²) in [6.45, 7) is 5.16. The number of ether oxygens (including phenoxy) is 1. The summed E-state index contributed by atoms with van der Waals surface area (Å²) in [5.41, 5.74) is 2.77. The van der Waals surface area contributed by atoms with Crippen molar-refractivity contribution in [3.8, 4) is 0 Å². The summed E-state index contributed by atoms with van der Waals surface area (Å²) in [4.78, 5) is 11.3. The van der Waals surface area contributed by atoms with Crippen LogP contribution in [0.1, 0.15) is 42.1 Å². The van der Waals surface area contributed by atoms with Crippen LogP contribution in [0.25, 0.3) is 0 Å². The number of rotatable bonds is 6. The maximum Gasteiger partial charge on any atom is 0.337 e. The van der Waals surface area contributed by atoms with Gasteiger partial charge in [0.05, 0.1) is 12.7 Å². The highest BCUT2D eigenvalue weighted by Crippen LogP contribution is 2.17. The van der Waals surface area contributed by atoms with Crippen molar-refractivity contribution in [3.05, 3.63) is 29.3 Å². The molecule has 0 fully saturated rings. The lowest BCUT2D eigenvalue weighted by molar-refractivity contribution is 0.0600. The van der Waals surface area contributed by atoms with Gasteiger partial charge in [-0.1, -0.05) is 19.8 Å². The molecule has 1 rings (SSSR count). The van der Waals surface area contributed by atoms with Gasteiger partial charge in [0, 0.05) is 12.2 Å². The van der Waals surface area contributed by atoms with E-state index in [1.807, 2.05) is 19.1 Å². The molecule has 0 bridgehead atoms. The van der Waals surface area contributed by atoms with Gasteiger partial charge in [0.1, 0.15) is 0 Å². The Morgan fingerprint density at radius 3 is 2.71 bits per heavy atom. The molecule has 0 radical (unpaired) electrons. The summed E-state index contributed by atoms with van der Waals surface area (Å²) < 4.78 is 4.68. The molecule has 17 heavy (non-hydrogen) atoms. The highest BCUT2D eigenvalue weighted by atomic mass is 16.5. The van der Waals surface area contributed by atoms with Gasteiger partial charge in [-0.25, -0.2) is 4.79 Å².